The maximum atomic E-state index is 12.6. The Kier molecular flexibility index (Phi) is 7.13. The fourth-order valence-corrected chi connectivity index (χ4v) is 4.00. The van der Waals surface area contributed by atoms with Gasteiger partial charge in [-0.1, -0.05) is 0 Å². The average molecular weight is 383 g/mol. The van der Waals surface area contributed by atoms with Crippen LogP contribution in [0.25, 0.3) is 0 Å². The first kappa shape index (κ1) is 18.4. The highest BCUT2D eigenvalue weighted by molar-refractivity contribution is 9.10. The quantitative estimate of drug-likeness (QED) is 0.492. The van der Waals surface area contributed by atoms with E-state index in [1.54, 1.807) is 27.7 Å². The van der Waals surface area contributed by atoms with Crippen LogP contribution >= 0.6 is 23.5 Å². The molecule has 1 heterocycles. The molecule has 1 aromatic heterocycles. The number of hydrogen-bond donors (Lipinski definition) is 0. The molecule has 0 fully saturated rings. The van der Waals surface area contributed by atoms with Crippen molar-refractivity contribution in [3.63, 3.8) is 0 Å². The highest BCUT2D eigenvalue weighted by Gasteiger charge is 2.32. The zero-order chi connectivity index (χ0) is 16.0. The Bertz CT molecular complexity index is 529. The van der Waals surface area contributed by atoms with Crippen LogP contribution < -0.4 is 0 Å². The van der Waals surface area contributed by atoms with Gasteiger partial charge in [-0.15, -0.1) is 0 Å². The topological polar surface area (TPSA) is 75.0 Å². The number of esters is 1. The first-order valence-electron chi connectivity index (χ1n) is 6.71. The number of hydrogen-bond acceptors (Lipinski definition) is 6. The van der Waals surface area contributed by atoms with Gasteiger partial charge in [-0.3, -0.25) is 4.57 Å². The molecule has 21 heavy (non-hydrogen) atoms. The van der Waals surface area contributed by atoms with Crippen LogP contribution in [0.5, 0.6) is 0 Å². The van der Waals surface area contributed by atoms with Crippen LogP contribution in [0.15, 0.2) is 9.09 Å². The van der Waals surface area contributed by atoms with E-state index < -0.39 is 13.6 Å². The molecule has 0 aliphatic rings. The summed E-state index contributed by atoms with van der Waals surface area (Å²) in [7, 11) is -3.33. The van der Waals surface area contributed by atoms with Gasteiger partial charge in [-0.25, -0.2) is 4.79 Å². The predicted octanol–water partition coefficient (Wildman–Crippen LogP) is 4.29. The molecule has 0 saturated carbocycles. The summed E-state index contributed by atoms with van der Waals surface area (Å²) in [6, 6.07) is 0. The maximum absolute atomic E-state index is 12.6. The first-order chi connectivity index (χ1) is 9.88. The fourth-order valence-electron chi connectivity index (χ4n) is 1.78. The predicted molar refractivity (Wildman–Crippen MR) is 81.7 cm³/mol. The van der Waals surface area contributed by atoms with Crippen molar-refractivity contribution in [2.24, 2.45) is 0 Å². The number of furan rings is 1. The Morgan fingerprint density at radius 2 is 1.76 bits per heavy atom. The van der Waals surface area contributed by atoms with E-state index in [-0.39, 0.29) is 31.7 Å². The highest BCUT2D eigenvalue weighted by atomic mass is 79.9. The SMILES string of the molecule is CCOC(=O)c1oc(Br)c(C)c1CP(=O)(OCC)OCC. The van der Waals surface area contributed by atoms with E-state index in [9.17, 15) is 9.36 Å². The van der Waals surface area contributed by atoms with Crippen molar-refractivity contribution in [3.05, 3.63) is 21.6 Å². The summed E-state index contributed by atoms with van der Waals surface area (Å²) in [6.07, 6.45) is -0.0379. The summed E-state index contributed by atoms with van der Waals surface area (Å²) in [4.78, 5) is 11.9. The molecule has 0 spiro atoms. The Morgan fingerprint density at radius 3 is 2.24 bits per heavy atom. The second kappa shape index (κ2) is 8.13. The summed E-state index contributed by atoms with van der Waals surface area (Å²) in [5.74, 6) is -0.568. The number of carbonyl (C=O) groups excluding carboxylic acids is 1. The summed E-state index contributed by atoms with van der Waals surface area (Å²) in [5.41, 5.74) is 1.16. The van der Waals surface area contributed by atoms with Crippen LogP contribution in [-0.2, 0) is 24.5 Å². The minimum atomic E-state index is -3.33. The molecule has 0 radical (unpaired) electrons. The molecule has 0 saturated heterocycles. The van der Waals surface area contributed by atoms with Gasteiger partial charge in [0.05, 0.1) is 26.0 Å². The number of ether oxygens (including phenoxy) is 1. The monoisotopic (exact) mass is 382 g/mol. The molecule has 6 nitrogen and oxygen atoms in total. The lowest BCUT2D eigenvalue weighted by molar-refractivity contribution is 0.0487. The number of carbonyl (C=O) groups is 1. The Morgan fingerprint density at radius 1 is 1.19 bits per heavy atom. The first-order valence-corrected chi connectivity index (χ1v) is 9.23. The van der Waals surface area contributed by atoms with Crippen molar-refractivity contribution >= 4 is 29.5 Å². The lowest BCUT2D eigenvalue weighted by atomic mass is 10.2. The largest absolute Gasteiger partial charge is 0.460 e. The zero-order valence-corrected chi connectivity index (χ0v) is 15.1. The van der Waals surface area contributed by atoms with Gasteiger partial charge in [0, 0.05) is 11.1 Å². The molecule has 0 amide bonds. The van der Waals surface area contributed by atoms with Crippen molar-refractivity contribution in [1.82, 2.24) is 0 Å². The summed E-state index contributed by atoms with van der Waals surface area (Å²) >= 11 is 3.23. The number of rotatable bonds is 8. The Balaban J connectivity index is 3.16. The van der Waals surface area contributed by atoms with Crippen LogP contribution in [0.4, 0.5) is 0 Å². The second-order valence-corrected chi connectivity index (χ2v) is 6.91. The third-order valence-corrected chi connectivity index (χ3v) is 5.44. The van der Waals surface area contributed by atoms with Gasteiger partial charge in [-0.05, 0) is 43.6 Å². The van der Waals surface area contributed by atoms with Gasteiger partial charge < -0.3 is 18.2 Å². The summed E-state index contributed by atoms with van der Waals surface area (Å²) < 4.78 is 33.9. The summed E-state index contributed by atoms with van der Waals surface area (Å²) in [6.45, 7) is 7.66. The molecule has 0 aliphatic carbocycles. The second-order valence-electron chi connectivity index (χ2n) is 4.13. The van der Waals surface area contributed by atoms with Gasteiger partial charge in [0.25, 0.3) is 0 Å². The van der Waals surface area contributed by atoms with Crippen LogP contribution in [-0.4, -0.2) is 25.8 Å². The average Bonchev–Trinajstić information content (AvgIpc) is 2.68. The van der Waals surface area contributed by atoms with E-state index in [0.29, 0.717) is 15.8 Å². The lowest BCUT2D eigenvalue weighted by Crippen LogP contribution is -2.08. The Hall–Kier alpha value is -0.620. The lowest BCUT2D eigenvalue weighted by Gasteiger charge is -2.17. The van der Waals surface area contributed by atoms with Gasteiger partial charge >= 0.3 is 13.6 Å². The zero-order valence-electron chi connectivity index (χ0n) is 12.6. The smallest absolute Gasteiger partial charge is 0.374 e. The van der Waals surface area contributed by atoms with Crippen molar-refractivity contribution in [3.8, 4) is 0 Å². The van der Waals surface area contributed by atoms with Crippen molar-refractivity contribution < 1.29 is 27.6 Å². The molecule has 1 aromatic rings. The normalized spacial score (nSPS) is 11.7. The van der Waals surface area contributed by atoms with Crippen LogP contribution in [0.1, 0.15) is 42.5 Å². The Labute approximate surface area is 132 Å². The standard InChI is InChI=1S/C13H20BrO6P/c1-5-17-13(15)11-10(9(4)12(14)20-11)8-21(16,18-6-2)19-7-3/h5-8H2,1-4H3. The van der Waals surface area contributed by atoms with Crippen molar-refractivity contribution in [2.75, 3.05) is 19.8 Å². The molecule has 0 aliphatic heterocycles. The van der Waals surface area contributed by atoms with Gasteiger partial charge in [0.2, 0.25) is 5.76 Å². The summed E-state index contributed by atoms with van der Waals surface area (Å²) in [5, 5.41) is 0. The van der Waals surface area contributed by atoms with E-state index in [2.05, 4.69) is 15.9 Å². The van der Waals surface area contributed by atoms with E-state index in [0.717, 1.165) is 0 Å². The van der Waals surface area contributed by atoms with E-state index in [4.69, 9.17) is 18.2 Å². The van der Waals surface area contributed by atoms with Gasteiger partial charge in [0.15, 0.2) is 4.67 Å². The van der Waals surface area contributed by atoms with E-state index >= 15 is 0 Å². The molecule has 8 heteroatoms. The maximum Gasteiger partial charge on any atom is 0.374 e. The molecule has 1 rings (SSSR count). The van der Waals surface area contributed by atoms with Gasteiger partial charge in [0.1, 0.15) is 0 Å². The molecule has 0 aromatic carbocycles. The molecular weight excluding hydrogens is 363 g/mol. The van der Waals surface area contributed by atoms with Crippen LogP contribution in [0, 0.1) is 6.92 Å². The molecule has 120 valence electrons. The van der Waals surface area contributed by atoms with Crippen molar-refractivity contribution in [2.45, 2.75) is 33.9 Å². The molecule has 0 unspecified atom stereocenters. The minimum Gasteiger partial charge on any atom is -0.460 e. The van der Waals surface area contributed by atoms with E-state index in [1.165, 1.54) is 0 Å². The molecule has 0 atom stereocenters. The highest BCUT2D eigenvalue weighted by Crippen LogP contribution is 2.53. The fraction of sp³-hybridized carbons (Fsp3) is 0.615. The third kappa shape index (κ3) is 4.68. The molecular formula is C13H20BrO6P. The van der Waals surface area contributed by atoms with Crippen LogP contribution in [0.3, 0.4) is 0 Å². The minimum absolute atomic E-state index is 0.0286. The van der Waals surface area contributed by atoms with E-state index in [1.807, 2.05) is 0 Å². The van der Waals surface area contributed by atoms with Gasteiger partial charge in [-0.2, -0.15) is 0 Å². The van der Waals surface area contributed by atoms with Crippen LogP contribution in [0.2, 0.25) is 0 Å². The molecule has 0 bridgehead atoms. The number of halogens is 1. The van der Waals surface area contributed by atoms with Crippen molar-refractivity contribution in [1.29, 1.82) is 0 Å². The third-order valence-electron chi connectivity index (χ3n) is 2.68. The molecule has 0 N–H and O–H groups in total.